The number of hydrogen-bond donors (Lipinski definition) is 1. The van der Waals surface area contributed by atoms with Crippen LogP contribution in [0.25, 0.3) is 10.2 Å². The molecule has 2 aromatic rings. The molecule has 0 bridgehead atoms. The van der Waals surface area contributed by atoms with Gasteiger partial charge in [-0.3, -0.25) is 4.79 Å². The summed E-state index contributed by atoms with van der Waals surface area (Å²) in [6.07, 6.45) is 0.0738. The molecule has 1 aromatic carbocycles. The van der Waals surface area contributed by atoms with Gasteiger partial charge in [-0.05, 0) is 40.3 Å². The summed E-state index contributed by atoms with van der Waals surface area (Å²) in [5.74, 6) is -0.802. The van der Waals surface area contributed by atoms with Crippen LogP contribution in [0, 0.1) is 3.01 Å². The van der Waals surface area contributed by atoms with Crippen LogP contribution in [0.1, 0.15) is 5.56 Å². The SMILES string of the molecule is O=C(O)Cc1ccc2nc(I)sc2c1. The number of thiazole rings is 1. The van der Waals surface area contributed by atoms with Crippen molar-refractivity contribution < 1.29 is 9.90 Å². The van der Waals surface area contributed by atoms with Gasteiger partial charge in [-0.2, -0.15) is 0 Å². The smallest absolute Gasteiger partial charge is 0.307 e. The van der Waals surface area contributed by atoms with E-state index >= 15 is 0 Å². The lowest BCUT2D eigenvalue weighted by Crippen LogP contribution is -1.99. The normalized spacial score (nSPS) is 10.6. The first-order chi connectivity index (χ1) is 6.65. The van der Waals surface area contributed by atoms with Crippen LogP contribution < -0.4 is 0 Å². The van der Waals surface area contributed by atoms with E-state index in [0.29, 0.717) is 0 Å². The highest BCUT2D eigenvalue weighted by Crippen LogP contribution is 2.24. The molecule has 0 aliphatic rings. The molecule has 72 valence electrons. The number of carboxylic acids is 1. The van der Waals surface area contributed by atoms with Crippen molar-refractivity contribution in [3.05, 3.63) is 26.8 Å². The topological polar surface area (TPSA) is 50.2 Å². The van der Waals surface area contributed by atoms with Crippen LogP contribution in [0.2, 0.25) is 0 Å². The molecule has 3 nitrogen and oxygen atoms in total. The van der Waals surface area contributed by atoms with Gasteiger partial charge in [-0.15, -0.1) is 11.3 Å². The second kappa shape index (κ2) is 3.82. The third-order valence-electron chi connectivity index (χ3n) is 1.78. The fraction of sp³-hybridized carbons (Fsp3) is 0.111. The standard InChI is InChI=1S/C9H6INO2S/c10-9-11-6-2-1-5(4-8(12)13)3-7(6)14-9/h1-3H,4H2,(H,12,13). The summed E-state index contributed by atoms with van der Waals surface area (Å²) in [5, 5.41) is 8.63. The summed E-state index contributed by atoms with van der Waals surface area (Å²) in [7, 11) is 0. The number of carbonyl (C=O) groups is 1. The quantitative estimate of drug-likeness (QED) is 0.866. The Hall–Kier alpha value is -0.690. The molecule has 5 heteroatoms. The van der Waals surface area contributed by atoms with Gasteiger partial charge in [0, 0.05) is 0 Å². The molecule has 0 radical (unpaired) electrons. The van der Waals surface area contributed by atoms with Crippen LogP contribution in [-0.4, -0.2) is 16.1 Å². The van der Waals surface area contributed by atoms with Crippen LogP contribution >= 0.6 is 33.9 Å². The number of rotatable bonds is 2. The highest BCUT2D eigenvalue weighted by molar-refractivity contribution is 14.1. The van der Waals surface area contributed by atoms with E-state index in [1.54, 1.807) is 11.3 Å². The second-order valence-electron chi connectivity index (χ2n) is 2.84. The van der Waals surface area contributed by atoms with Gasteiger partial charge in [0.1, 0.15) is 0 Å². The zero-order chi connectivity index (χ0) is 10.1. The molecule has 0 spiro atoms. The third-order valence-corrected chi connectivity index (χ3v) is 3.49. The molecule has 1 N–H and O–H groups in total. The maximum Gasteiger partial charge on any atom is 0.307 e. The Bertz CT molecular complexity index is 495. The Kier molecular flexibility index (Phi) is 2.69. The number of aromatic nitrogens is 1. The van der Waals surface area contributed by atoms with Gasteiger partial charge in [0.15, 0.2) is 3.01 Å². The summed E-state index contributed by atoms with van der Waals surface area (Å²) in [6, 6.07) is 5.57. The first-order valence-electron chi connectivity index (χ1n) is 3.92. The van der Waals surface area contributed by atoms with Gasteiger partial charge in [0.05, 0.1) is 16.6 Å². The zero-order valence-electron chi connectivity index (χ0n) is 7.03. The Morgan fingerprint density at radius 1 is 1.57 bits per heavy atom. The van der Waals surface area contributed by atoms with E-state index in [-0.39, 0.29) is 6.42 Å². The minimum absolute atomic E-state index is 0.0738. The molecule has 2 rings (SSSR count). The van der Waals surface area contributed by atoms with Gasteiger partial charge in [0.25, 0.3) is 0 Å². The molecule has 0 saturated carbocycles. The van der Waals surface area contributed by atoms with Crippen LogP contribution in [0.15, 0.2) is 18.2 Å². The van der Waals surface area contributed by atoms with Crippen molar-refractivity contribution >= 4 is 50.1 Å². The molecule has 1 heterocycles. The van der Waals surface area contributed by atoms with Crippen molar-refractivity contribution in [3.63, 3.8) is 0 Å². The van der Waals surface area contributed by atoms with E-state index in [1.165, 1.54) is 0 Å². The lowest BCUT2D eigenvalue weighted by Gasteiger charge is -1.95. The van der Waals surface area contributed by atoms with Gasteiger partial charge in [-0.1, -0.05) is 6.07 Å². The highest BCUT2D eigenvalue weighted by Gasteiger charge is 2.04. The molecule has 0 amide bonds. The van der Waals surface area contributed by atoms with E-state index in [2.05, 4.69) is 27.6 Å². The predicted octanol–water partition coefficient (Wildman–Crippen LogP) is 2.53. The fourth-order valence-electron chi connectivity index (χ4n) is 1.23. The van der Waals surface area contributed by atoms with E-state index in [9.17, 15) is 4.79 Å². The largest absolute Gasteiger partial charge is 0.481 e. The van der Waals surface area contributed by atoms with Crippen LogP contribution in [0.4, 0.5) is 0 Å². The Balaban J connectivity index is 2.45. The monoisotopic (exact) mass is 319 g/mol. The lowest BCUT2D eigenvalue weighted by molar-refractivity contribution is -0.136. The minimum Gasteiger partial charge on any atom is -0.481 e. The van der Waals surface area contributed by atoms with Gasteiger partial charge < -0.3 is 5.11 Å². The van der Waals surface area contributed by atoms with Gasteiger partial charge in [-0.25, -0.2) is 4.98 Å². The first-order valence-corrected chi connectivity index (χ1v) is 5.81. The average molecular weight is 319 g/mol. The fourth-order valence-corrected chi connectivity index (χ4v) is 2.95. The molecule has 0 atom stereocenters. The summed E-state index contributed by atoms with van der Waals surface area (Å²) >= 11 is 3.74. The maximum atomic E-state index is 10.5. The predicted molar refractivity (Wildman–Crippen MR) is 63.7 cm³/mol. The molecule has 0 fully saturated rings. The first kappa shape index (κ1) is 9.85. The van der Waals surface area contributed by atoms with Crippen molar-refractivity contribution in [1.82, 2.24) is 4.98 Å². The zero-order valence-corrected chi connectivity index (χ0v) is 10.0. The second-order valence-corrected chi connectivity index (χ2v) is 5.62. The summed E-state index contributed by atoms with van der Waals surface area (Å²) in [5.41, 5.74) is 1.76. The summed E-state index contributed by atoms with van der Waals surface area (Å²) in [6.45, 7) is 0. The van der Waals surface area contributed by atoms with Crippen LogP contribution in [0.5, 0.6) is 0 Å². The average Bonchev–Trinajstić information content (AvgIpc) is 2.42. The van der Waals surface area contributed by atoms with Crippen molar-refractivity contribution in [2.45, 2.75) is 6.42 Å². The molecule has 0 aliphatic heterocycles. The van der Waals surface area contributed by atoms with E-state index in [0.717, 1.165) is 18.8 Å². The Morgan fingerprint density at radius 2 is 2.36 bits per heavy atom. The maximum absolute atomic E-state index is 10.5. The highest BCUT2D eigenvalue weighted by atomic mass is 127. The van der Waals surface area contributed by atoms with E-state index in [4.69, 9.17) is 5.11 Å². The molecular weight excluding hydrogens is 313 g/mol. The van der Waals surface area contributed by atoms with Gasteiger partial charge in [0.2, 0.25) is 0 Å². The molecular formula is C9H6INO2S. The number of nitrogens with zero attached hydrogens (tertiary/aromatic N) is 1. The number of hydrogen-bond acceptors (Lipinski definition) is 3. The number of halogens is 1. The third kappa shape index (κ3) is 2.03. The lowest BCUT2D eigenvalue weighted by atomic mass is 10.1. The van der Waals surface area contributed by atoms with E-state index in [1.807, 2.05) is 18.2 Å². The summed E-state index contributed by atoms with van der Waals surface area (Å²) in [4.78, 5) is 14.8. The van der Waals surface area contributed by atoms with Crippen molar-refractivity contribution in [3.8, 4) is 0 Å². The number of benzene rings is 1. The number of carboxylic acid groups (broad SMARTS) is 1. The Labute approximate surface area is 97.9 Å². The molecule has 0 saturated heterocycles. The number of aliphatic carboxylic acids is 1. The summed E-state index contributed by atoms with van der Waals surface area (Å²) < 4.78 is 2.03. The molecule has 14 heavy (non-hydrogen) atoms. The van der Waals surface area contributed by atoms with Crippen molar-refractivity contribution in [1.29, 1.82) is 0 Å². The van der Waals surface area contributed by atoms with Crippen molar-refractivity contribution in [2.75, 3.05) is 0 Å². The van der Waals surface area contributed by atoms with Crippen LogP contribution in [0.3, 0.4) is 0 Å². The van der Waals surface area contributed by atoms with Crippen LogP contribution in [-0.2, 0) is 11.2 Å². The number of fused-ring (bicyclic) bond motifs is 1. The molecule has 1 aromatic heterocycles. The minimum atomic E-state index is -0.802. The van der Waals surface area contributed by atoms with E-state index < -0.39 is 5.97 Å². The van der Waals surface area contributed by atoms with Gasteiger partial charge >= 0.3 is 5.97 Å². The molecule has 0 unspecified atom stereocenters. The molecule has 0 aliphatic carbocycles. The Morgan fingerprint density at radius 3 is 3.07 bits per heavy atom. The van der Waals surface area contributed by atoms with Crippen molar-refractivity contribution in [2.24, 2.45) is 0 Å².